The maximum Gasteiger partial charge on any atom is 0.337 e. The van der Waals surface area contributed by atoms with Gasteiger partial charge in [-0.3, -0.25) is 0 Å². The topological polar surface area (TPSA) is 99.3 Å². The van der Waals surface area contributed by atoms with Crippen LogP contribution in [0.15, 0.2) is 18.2 Å². The van der Waals surface area contributed by atoms with E-state index in [1.807, 2.05) is 6.07 Å². The van der Waals surface area contributed by atoms with Crippen LogP contribution in [0.25, 0.3) is 0 Å². The number of nitrogens with zero attached hydrogens (tertiary/aromatic N) is 3. The zero-order valence-electron chi connectivity index (χ0n) is 16.2. The molecule has 2 saturated heterocycles. The Kier molecular flexibility index (Phi) is 6.09. The number of sulfonamides is 1. The molecular weight excluding hydrogens is 384 g/mol. The van der Waals surface area contributed by atoms with Crippen molar-refractivity contribution in [2.75, 3.05) is 62.9 Å². The second-order valence-electron chi connectivity index (χ2n) is 7.00. The summed E-state index contributed by atoms with van der Waals surface area (Å²) < 4.78 is 29.4. The van der Waals surface area contributed by atoms with E-state index in [2.05, 4.69) is 10.2 Å². The number of rotatable bonds is 4. The Morgan fingerprint density at radius 1 is 1.04 bits per heavy atom. The van der Waals surface area contributed by atoms with Crippen LogP contribution in [-0.2, 0) is 14.8 Å². The fourth-order valence-electron chi connectivity index (χ4n) is 3.53. The van der Waals surface area contributed by atoms with Crippen molar-refractivity contribution >= 4 is 33.4 Å². The molecule has 1 aromatic carbocycles. The van der Waals surface area contributed by atoms with Crippen LogP contribution in [0.2, 0.25) is 0 Å². The van der Waals surface area contributed by atoms with Gasteiger partial charge in [-0.05, 0) is 31.0 Å². The molecular formula is C18H26N4O5S. The Morgan fingerprint density at radius 2 is 1.68 bits per heavy atom. The van der Waals surface area contributed by atoms with Crippen molar-refractivity contribution in [1.82, 2.24) is 9.21 Å². The quantitative estimate of drug-likeness (QED) is 0.749. The average molecular weight is 410 g/mol. The maximum atomic E-state index is 12.8. The molecule has 154 valence electrons. The second kappa shape index (κ2) is 8.36. The fourth-order valence-corrected chi connectivity index (χ4v) is 4.36. The van der Waals surface area contributed by atoms with E-state index in [4.69, 9.17) is 4.74 Å². The van der Waals surface area contributed by atoms with Crippen molar-refractivity contribution in [2.24, 2.45) is 0 Å². The molecule has 0 aromatic heterocycles. The predicted molar refractivity (Wildman–Crippen MR) is 106 cm³/mol. The Labute approximate surface area is 165 Å². The summed E-state index contributed by atoms with van der Waals surface area (Å²) in [5.74, 6) is -0.467. The lowest BCUT2D eigenvalue weighted by atomic mass is 10.1. The van der Waals surface area contributed by atoms with Gasteiger partial charge in [-0.25, -0.2) is 18.0 Å². The minimum atomic E-state index is -3.25. The molecule has 9 nitrogen and oxygen atoms in total. The van der Waals surface area contributed by atoms with Gasteiger partial charge in [0.05, 0.1) is 30.3 Å². The van der Waals surface area contributed by atoms with Crippen molar-refractivity contribution in [3.8, 4) is 0 Å². The van der Waals surface area contributed by atoms with E-state index in [1.54, 1.807) is 17.0 Å². The standard InChI is InChI=1S/C18H26N4O5S/c1-27-17(23)14-5-6-16(20-7-3-4-8-20)15(13-14)19-18(24)21-9-11-22(12-10-21)28(2,25)26/h5-6,13H,3-4,7-12H2,1-2H3,(H,19,24). The van der Waals surface area contributed by atoms with Crippen molar-refractivity contribution in [3.63, 3.8) is 0 Å². The highest BCUT2D eigenvalue weighted by atomic mass is 32.2. The van der Waals surface area contributed by atoms with Crippen molar-refractivity contribution in [1.29, 1.82) is 0 Å². The van der Waals surface area contributed by atoms with Crippen molar-refractivity contribution < 1.29 is 22.7 Å². The van der Waals surface area contributed by atoms with Gasteiger partial charge in [0.2, 0.25) is 10.0 Å². The summed E-state index contributed by atoms with van der Waals surface area (Å²) in [6.07, 6.45) is 3.34. The number of methoxy groups -OCH3 is 1. The molecule has 0 bridgehead atoms. The fraction of sp³-hybridized carbons (Fsp3) is 0.556. The van der Waals surface area contributed by atoms with Gasteiger partial charge in [-0.1, -0.05) is 0 Å². The number of amides is 2. The van der Waals surface area contributed by atoms with Crippen LogP contribution < -0.4 is 10.2 Å². The molecule has 2 fully saturated rings. The lowest BCUT2D eigenvalue weighted by Gasteiger charge is -2.33. The number of nitrogens with one attached hydrogen (secondary N) is 1. The Balaban J connectivity index is 1.76. The summed E-state index contributed by atoms with van der Waals surface area (Å²) in [6.45, 7) is 2.96. The summed E-state index contributed by atoms with van der Waals surface area (Å²) in [7, 11) is -1.94. The van der Waals surface area contributed by atoms with E-state index in [0.717, 1.165) is 31.6 Å². The molecule has 0 unspecified atom stereocenters. The van der Waals surface area contributed by atoms with Crippen LogP contribution >= 0.6 is 0 Å². The van der Waals surface area contributed by atoms with Gasteiger partial charge >= 0.3 is 12.0 Å². The first-order valence-corrected chi connectivity index (χ1v) is 11.1. The number of carbonyl (C=O) groups excluding carboxylic acids is 2. The molecule has 0 spiro atoms. The number of hydrogen-bond acceptors (Lipinski definition) is 6. The number of piperazine rings is 1. The van der Waals surface area contributed by atoms with E-state index >= 15 is 0 Å². The molecule has 3 rings (SSSR count). The highest BCUT2D eigenvalue weighted by Crippen LogP contribution is 2.30. The monoisotopic (exact) mass is 410 g/mol. The third kappa shape index (κ3) is 4.56. The Bertz CT molecular complexity index is 844. The first-order valence-electron chi connectivity index (χ1n) is 9.28. The van der Waals surface area contributed by atoms with E-state index in [0.29, 0.717) is 24.3 Å². The molecule has 10 heteroatoms. The number of ether oxygens (including phenoxy) is 1. The molecule has 2 aliphatic rings. The zero-order valence-corrected chi connectivity index (χ0v) is 17.0. The van der Waals surface area contributed by atoms with Gasteiger partial charge in [0.1, 0.15) is 0 Å². The first-order chi connectivity index (χ1) is 13.3. The van der Waals surface area contributed by atoms with Crippen LogP contribution in [0.3, 0.4) is 0 Å². The minimum Gasteiger partial charge on any atom is -0.465 e. The average Bonchev–Trinajstić information content (AvgIpc) is 3.21. The van der Waals surface area contributed by atoms with Gasteiger partial charge in [-0.2, -0.15) is 4.31 Å². The van der Waals surface area contributed by atoms with E-state index in [1.165, 1.54) is 17.7 Å². The smallest absolute Gasteiger partial charge is 0.337 e. The lowest BCUT2D eigenvalue weighted by molar-refractivity contribution is 0.0600. The van der Waals surface area contributed by atoms with Gasteiger partial charge in [-0.15, -0.1) is 0 Å². The number of esters is 1. The highest BCUT2D eigenvalue weighted by molar-refractivity contribution is 7.88. The van der Waals surface area contributed by atoms with E-state index < -0.39 is 16.0 Å². The van der Waals surface area contributed by atoms with Crippen LogP contribution in [0, 0.1) is 0 Å². The normalized spacial score (nSPS) is 18.2. The summed E-state index contributed by atoms with van der Waals surface area (Å²) in [6, 6.07) is 4.84. The van der Waals surface area contributed by atoms with Gasteiger partial charge in [0.15, 0.2) is 0 Å². The first kappa shape index (κ1) is 20.4. The largest absolute Gasteiger partial charge is 0.465 e. The number of urea groups is 1. The molecule has 1 N–H and O–H groups in total. The molecule has 0 atom stereocenters. The molecule has 1 aromatic rings. The number of carbonyl (C=O) groups is 2. The molecule has 2 amide bonds. The van der Waals surface area contributed by atoms with Crippen LogP contribution in [0.5, 0.6) is 0 Å². The SMILES string of the molecule is COC(=O)c1ccc(N2CCCC2)c(NC(=O)N2CCN(S(C)(=O)=O)CC2)c1. The molecule has 0 aliphatic carbocycles. The highest BCUT2D eigenvalue weighted by Gasteiger charge is 2.27. The molecule has 0 radical (unpaired) electrons. The molecule has 0 saturated carbocycles. The van der Waals surface area contributed by atoms with Gasteiger partial charge < -0.3 is 19.9 Å². The Hall–Kier alpha value is -2.33. The summed E-state index contributed by atoms with van der Waals surface area (Å²) >= 11 is 0. The van der Waals surface area contributed by atoms with Crippen LogP contribution in [-0.4, -0.2) is 82.3 Å². The zero-order chi connectivity index (χ0) is 20.3. The van der Waals surface area contributed by atoms with Crippen molar-refractivity contribution in [2.45, 2.75) is 12.8 Å². The molecule has 28 heavy (non-hydrogen) atoms. The third-order valence-electron chi connectivity index (χ3n) is 5.10. The summed E-state index contributed by atoms with van der Waals surface area (Å²) in [4.78, 5) is 28.4. The Morgan fingerprint density at radius 3 is 2.25 bits per heavy atom. The number of anilines is 2. The van der Waals surface area contributed by atoms with E-state index in [9.17, 15) is 18.0 Å². The van der Waals surface area contributed by atoms with Gasteiger partial charge in [0.25, 0.3) is 0 Å². The third-order valence-corrected chi connectivity index (χ3v) is 6.40. The number of hydrogen-bond donors (Lipinski definition) is 1. The molecule has 2 aliphatic heterocycles. The lowest BCUT2D eigenvalue weighted by Crippen LogP contribution is -2.51. The van der Waals surface area contributed by atoms with Gasteiger partial charge in [0, 0.05) is 39.3 Å². The maximum absolute atomic E-state index is 12.8. The number of benzene rings is 1. The second-order valence-corrected chi connectivity index (χ2v) is 8.98. The summed E-state index contributed by atoms with van der Waals surface area (Å²) in [5.41, 5.74) is 1.79. The minimum absolute atomic E-state index is 0.271. The van der Waals surface area contributed by atoms with E-state index in [-0.39, 0.29) is 19.1 Å². The van der Waals surface area contributed by atoms with Crippen LogP contribution in [0.1, 0.15) is 23.2 Å². The predicted octanol–water partition coefficient (Wildman–Crippen LogP) is 1.18. The molecule has 2 heterocycles. The van der Waals surface area contributed by atoms with Crippen LogP contribution in [0.4, 0.5) is 16.2 Å². The summed E-state index contributed by atoms with van der Waals surface area (Å²) in [5, 5.41) is 2.90. The van der Waals surface area contributed by atoms with Crippen molar-refractivity contribution in [3.05, 3.63) is 23.8 Å².